The molecule has 8 heteroatoms. The fourth-order valence-corrected chi connectivity index (χ4v) is 2.26. The number of pyridine rings is 1. The Labute approximate surface area is 125 Å². The van der Waals surface area contributed by atoms with Crippen molar-refractivity contribution in [1.29, 1.82) is 0 Å². The van der Waals surface area contributed by atoms with Crippen LogP contribution >= 0.6 is 15.9 Å². The molecule has 20 heavy (non-hydrogen) atoms. The highest BCUT2D eigenvalue weighted by Gasteiger charge is 2.20. The lowest BCUT2D eigenvalue weighted by atomic mass is 10.2. The average Bonchev–Trinajstić information content (AvgIpc) is 2.42. The lowest BCUT2D eigenvalue weighted by Gasteiger charge is -2.23. The van der Waals surface area contributed by atoms with Gasteiger partial charge in [0.15, 0.2) is 0 Å². The van der Waals surface area contributed by atoms with Crippen molar-refractivity contribution in [2.45, 2.75) is 20.3 Å². The van der Waals surface area contributed by atoms with E-state index in [9.17, 15) is 14.9 Å². The van der Waals surface area contributed by atoms with Crippen LogP contribution in [0.1, 0.15) is 18.9 Å². The average molecular weight is 346 g/mol. The maximum Gasteiger partial charge on any atom is 0.307 e. The van der Waals surface area contributed by atoms with E-state index in [2.05, 4.69) is 25.7 Å². The molecule has 0 aliphatic rings. The Morgan fingerprint density at radius 1 is 1.60 bits per heavy atom. The predicted octanol–water partition coefficient (Wildman–Crippen LogP) is 2.45. The highest BCUT2D eigenvalue weighted by atomic mass is 79.9. The van der Waals surface area contributed by atoms with Crippen LogP contribution in [0.5, 0.6) is 0 Å². The number of nitrogens with zero attached hydrogens (tertiary/aromatic N) is 3. The second-order valence-corrected chi connectivity index (χ2v) is 4.86. The molecule has 0 saturated heterocycles. The Bertz CT molecular complexity index is 522. The third-order valence-corrected chi connectivity index (χ3v) is 3.86. The zero-order valence-electron chi connectivity index (χ0n) is 11.6. The van der Waals surface area contributed by atoms with Crippen LogP contribution in [0, 0.1) is 17.0 Å². The summed E-state index contributed by atoms with van der Waals surface area (Å²) in [5.74, 6) is 0.276. The second kappa shape index (κ2) is 7.18. The number of nitro groups is 1. The van der Waals surface area contributed by atoms with Crippen LogP contribution in [-0.2, 0) is 9.53 Å². The first-order valence-corrected chi connectivity index (χ1v) is 6.82. The zero-order chi connectivity index (χ0) is 15.3. The Morgan fingerprint density at radius 2 is 2.25 bits per heavy atom. The number of rotatable bonds is 6. The maximum atomic E-state index is 11.2. The first-order valence-electron chi connectivity index (χ1n) is 6.03. The largest absolute Gasteiger partial charge is 0.469 e. The standard InChI is InChI=1S/C12H16BrN3O4/c1-4-15(6-5-10(17)20-3)12-11(13)8(2)9(7-14-12)16(18)19/h7H,4-6H2,1-3H3. The van der Waals surface area contributed by atoms with E-state index in [1.165, 1.54) is 13.3 Å². The van der Waals surface area contributed by atoms with Crippen molar-refractivity contribution in [2.24, 2.45) is 0 Å². The number of methoxy groups -OCH3 is 1. The molecule has 0 aliphatic heterocycles. The summed E-state index contributed by atoms with van der Waals surface area (Å²) in [5, 5.41) is 10.8. The van der Waals surface area contributed by atoms with Gasteiger partial charge in [0.25, 0.3) is 5.69 Å². The maximum absolute atomic E-state index is 11.2. The number of hydrogen-bond donors (Lipinski definition) is 0. The first kappa shape index (κ1) is 16.4. The smallest absolute Gasteiger partial charge is 0.307 e. The van der Waals surface area contributed by atoms with Gasteiger partial charge in [-0.2, -0.15) is 0 Å². The van der Waals surface area contributed by atoms with E-state index >= 15 is 0 Å². The van der Waals surface area contributed by atoms with Crippen molar-refractivity contribution in [1.82, 2.24) is 4.98 Å². The lowest BCUT2D eigenvalue weighted by Crippen LogP contribution is -2.27. The number of carbonyl (C=O) groups is 1. The Hall–Kier alpha value is -1.70. The van der Waals surface area contributed by atoms with Crippen molar-refractivity contribution >= 4 is 33.4 Å². The number of aromatic nitrogens is 1. The summed E-state index contributed by atoms with van der Waals surface area (Å²) in [6, 6.07) is 0. The van der Waals surface area contributed by atoms with E-state index in [-0.39, 0.29) is 18.1 Å². The molecular formula is C12H16BrN3O4. The molecule has 1 aromatic rings. The summed E-state index contributed by atoms with van der Waals surface area (Å²) in [4.78, 5) is 27.5. The number of ether oxygens (including phenoxy) is 1. The topological polar surface area (TPSA) is 85.6 Å². The van der Waals surface area contributed by atoms with Crippen LogP contribution < -0.4 is 4.90 Å². The fourth-order valence-electron chi connectivity index (χ4n) is 1.70. The van der Waals surface area contributed by atoms with Gasteiger partial charge in [0.05, 0.1) is 22.9 Å². The molecule has 0 saturated carbocycles. The molecule has 0 spiro atoms. The molecule has 7 nitrogen and oxygen atoms in total. The first-order chi connectivity index (χ1) is 9.42. The molecule has 0 fully saturated rings. The van der Waals surface area contributed by atoms with E-state index in [1.807, 2.05) is 11.8 Å². The SMILES string of the molecule is CCN(CCC(=O)OC)c1ncc([N+](=O)[O-])c(C)c1Br. The van der Waals surface area contributed by atoms with Crippen molar-refractivity contribution in [3.05, 3.63) is 26.3 Å². The number of carbonyl (C=O) groups excluding carboxylic acids is 1. The van der Waals surface area contributed by atoms with Gasteiger partial charge in [-0.1, -0.05) is 0 Å². The van der Waals surface area contributed by atoms with Crippen LogP contribution in [0.15, 0.2) is 10.7 Å². The molecule has 0 atom stereocenters. The third-order valence-electron chi connectivity index (χ3n) is 2.91. The molecular weight excluding hydrogens is 330 g/mol. The summed E-state index contributed by atoms with van der Waals surface area (Å²) in [5.41, 5.74) is 0.473. The molecule has 1 aromatic heterocycles. The number of hydrogen-bond acceptors (Lipinski definition) is 6. The summed E-state index contributed by atoms with van der Waals surface area (Å²) >= 11 is 3.34. The van der Waals surface area contributed by atoms with Crippen LogP contribution in [0.2, 0.25) is 0 Å². The van der Waals surface area contributed by atoms with E-state index in [0.29, 0.717) is 28.9 Å². The third kappa shape index (κ3) is 3.66. The van der Waals surface area contributed by atoms with E-state index < -0.39 is 4.92 Å². The Morgan fingerprint density at radius 3 is 2.75 bits per heavy atom. The number of halogens is 1. The van der Waals surface area contributed by atoms with Crippen molar-refractivity contribution in [3.63, 3.8) is 0 Å². The van der Waals surface area contributed by atoms with Crippen LogP contribution in [0.4, 0.5) is 11.5 Å². The van der Waals surface area contributed by atoms with Gasteiger partial charge < -0.3 is 9.64 Å². The molecule has 0 amide bonds. The highest BCUT2D eigenvalue weighted by Crippen LogP contribution is 2.32. The van der Waals surface area contributed by atoms with Gasteiger partial charge in [0, 0.05) is 18.7 Å². The van der Waals surface area contributed by atoms with Gasteiger partial charge in [-0.15, -0.1) is 0 Å². The molecule has 110 valence electrons. The normalized spacial score (nSPS) is 10.2. The van der Waals surface area contributed by atoms with Crippen LogP contribution in [0.3, 0.4) is 0 Å². The molecule has 0 bridgehead atoms. The zero-order valence-corrected chi connectivity index (χ0v) is 13.1. The van der Waals surface area contributed by atoms with Crippen LogP contribution in [0.25, 0.3) is 0 Å². The predicted molar refractivity (Wildman–Crippen MR) is 77.8 cm³/mol. The van der Waals surface area contributed by atoms with E-state index in [0.717, 1.165) is 0 Å². The summed E-state index contributed by atoms with van der Waals surface area (Å²) in [6.45, 7) is 4.63. The molecule has 0 N–H and O–H groups in total. The molecule has 0 aromatic carbocycles. The number of anilines is 1. The molecule has 0 radical (unpaired) electrons. The molecule has 1 heterocycles. The van der Waals surface area contributed by atoms with Crippen LogP contribution in [-0.4, -0.2) is 36.1 Å². The van der Waals surface area contributed by atoms with Crippen molar-refractivity contribution < 1.29 is 14.5 Å². The van der Waals surface area contributed by atoms with Gasteiger partial charge in [0.2, 0.25) is 0 Å². The lowest BCUT2D eigenvalue weighted by molar-refractivity contribution is -0.385. The minimum atomic E-state index is -0.471. The molecule has 1 rings (SSSR count). The van der Waals surface area contributed by atoms with Gasteiger partial charge in [0.1, 0.15) is 12.0 Å². The van der Waals surface area contributed by atoms with Gasteiger partial charge in [-0.05, 0) is 29.8 Å². The summed E-state index contributed by atoms with van der Waals surface area (Å²) in [7, 11) is 1.34. The van der Waals surface area contributed by atoms with E-state index in [1.54, 1.807) is 6.92 Å². The Kier molecular flexibility index (Phi) is 5.87. The minimum Gasteiger partial charge on any atom is -0.469 e. The monoisotopic (exact) mass is 345 g/mol. The molecule has 0 aliphatic carbocycles. The summed E-state index contributed by atoms with van der Waals surface area (Å²) in [6.07, 6.45) is 1.46. The Balaban J connectivity index is 3.02. The minimum absolute atomic E-state index is 0.0374. The van der Waals surface area contributed by atoms with Gasteiger partial charge >= 0.3 is 5.97 Å². The van der Waals surface area contributed by atoms with Crippen molar-refractivity contribution in [2.75, 3.05) is 25.1 Å². The fraction of sp³-hybridized carbons (Fsp3) is 0.500. The second-order valence-electron chi connectivity index (χ2n) is 4.07. The summed E-state index contributed by atoms with van der Waals surface area (Å²) < 4.78 is 5.17. The van der Waals surface area contributed by atoms with E-state index in [4.69, 9.17) is 0 Å². The highest BCUT2D eigenvalue weighted by molar-refractivity contribution is 9.10. The van der Waals surface area contributed by atoms with Gasteiger partial charge in [-0.25, -0.2) is 4.98 Å². The van der Waals surface area contributed by atoms with Gasteiger partial charge in [-0.3, -0.25) is 14.9 Å². The number of esters is 1. The molecule has 0 unspecified atom stereocenters. The van der Waals surface area contributed by atoms with Crippen molar-refractivity contribution in [3.8, 4) is 0 Å². The quantitative estimate of drug-likeness (QED) is 0.447.